The van der Waals surface area contributed by atoms with Crippen molar-refractivity contribution >= 4 is 16.9 Å². The fraction of sp³-hybridized carbons (Fsp3) is 0.526. The molecule has 0 saturated carbocycles. The number of aryl methyl sites for hydroxylation is 1. The molecule has 5 nitrogen and oxygen atoms in total. The number of guanidine groups is 1. The van der Waals surface area contributed by atoms with Crippen molar-refractivity contribution in [2.45, 2.75) is 39.3 Å². The van der Waals surface area contributed by atoms with E-state index in [1.807, 2.05) is 6.92 Å². The van der Waals surface area contributed by atoms with Crippen LogP contribution in [0.4, 0.5) is 4.39 Å². The molecule has 1 atom stereocenters. The zero-order valence-corrected chi connectivity index (χ0v) is 15.2. The van der Waals surface area contributed by atoms with Crippen LogP contribution < -0.4 is 10.6 Å². The number of halogens is 1. The first kappa shape index (κ1) is 17.7. The van der Waals surface area contributed by atoms with Crippen LogP contribution in [0, 0.1) is 12.7 Å². The van der Waals surface area contributed by atoms with Crippen molar-refractivity contribution in [3.8, 4) is 0 Å². The van der Waals surface area contributed by atoms with Gasteiger partial charge in [-0.3, -0.25) is 9.89 Å². The number of furan rings is 1. The molecule has 6 heteroatoms. The molecular formula is C19H27FN4O. The molecule has 136 valence electrons. The number of benzene rings is 1. The summed E-state index contributed by atoms with van der Waals surface area (Å²) in [6.45, 7) is 7.84. The van der Waals surface area contributed by atoms with Crippen LogP contribution in [0.15, 0.2) is 27.6 Å². The Labute approximate surface area is 148 Å². The molecule has 1 unspecified atom stereocenters. The van der Waals surface area contributed by atoms with E-state index in [1.54, 1.807) is 13.1 Å². The van der Waals surface area contributed by atoms with Crippen molar-refractivity contribution < 1.29 is 8.81 Å². The van der Waals surface area contributed by atoms with Gasteiger partial charge in [-0.15, -0.1) is 0 Å². The van der Waals surface area contributed by atoms with Gasteiger partial charge in [-0.05, 0) is 51.1 Å². The SMILES string of the molecule is CCN1CCCC1CNC(=NC)NCc1oc2ccc(F)cc2c1C. The van der Waals surface area contributed by atoms with Gasteiger partial charge in [-0.25, -0.2) is 4.39 Å². The van der Waals surface area contributed by atoms with Crippen molar-refractivity contribution in [2.24, 2.45) is 4.99 Å². The molecular weight excluding hydrogens is 319 g/mol. The Bertz CT molecular complexity index is 755. The first-order valence-corrected chi connectivity index (χ1v) is 8.98. The second-order valence-electron chi connectivity index (χ2n) is 6.52. The maximum absolute atomic E-state index is 13.4. The van der Waals surface area contributed by atoms with Crippen molar-refractivity contribution in [1.82, 2.24) is 15.5 Å². The van der Waals surface area contributed by atoms with E-state index in [-0.39, 0.29) is 5.82 Å². The van der Waals surface area contributed by atoms with Gasteiger partial charge in [0, 0.05) is 30.6 Å². The van der Waals surface area contributed by atoms with Crippen molar-refractivity contribution in [3.05, 3.63) is 35.3 Å². The van der Waals surface area contributed by atoms with Gasteiger partial charge >= 0.3 is 0 Å². The van der Waals surface area contributed by atoms with Crippen molar-refractivity contribution in [3.63, 3.8) is 0 Å². The number of hydrogen-bond donors (Lipinski definition) is 2. The first-order chi connectivity index (χ1) is 12.1. The predicted octanol–water partition coefficient (Wildman–Crippen LogP) is 3.03. The largest absolute Gasteiger partial charge is 0.459 e. The highest BCUT2D eigenvalue weighted by atomic mass is 19.1. The maximum Gasteiger partial charge on any atom is 0.191 e. The topological polar surface area (TPSA) is 52.8 Å². The number of rotatable bonds is 5. The van der Waals surface area contributed by atoms with Crippen LogP contribution in [-0.4, -0.2) is 43.6 Å². The number of aliphatic imine (C=N–C) groups is 1. The van der Waals surface area contributed by atoms with Crippen LogP contribution in [-0.2, 0) is 6.54 Å². The highest BCUT2D eigenvalue weighted by Gasteiger charge is 2.22. The molecule has 1 aliphatic rings. The van der Waals surface area contributed by atoms with Crippen LogP contribution >= 0.6 is 0 Å². The monoisotopic (exact) mass is 346 g/mol. The van der Waals surface area contributed by atoms with Gasteiger partial charge in [0.15, 0.2) is 5.96 Å². The van der Waals surface area contributed by atoms with Crippen molar-refractivity contribution in [2.75, 3.05) is 26.7 Å². The van der Waals surface area contributed by atoms with Crippen LogP contribution in [0.3, 0.4) is 0 Å². The molecule has 25 heavy (non-hydrogen) atoms. The molecule has 1 saturated heterocycles. The van der Waals surface area contributed by atoms with Crippen molar-refractivity contribution in [1.29, 1.82) is 0 Å². The number of likely N-dealkylation sites (tertiary alicyclic amines) is 1. The fourth-order valence-corrected chi connectivity index (χ4v) is 3.55. The molecule has 2 aromatic rings. The van der Waals surface area contributed by atoms with E-state index in [9.17, 15) is 4.39 Å². The van der Waals surface area contributed by atoms with E-state index in [0.29, 0.717) is 18.2 Å². The standard InChI is InChI=1S/C19H27FN4O/c1-4-24-9-5-6-15(24)11-22-19(21-3)23-12-18-13(2)16-10-14(20)7-8-17(16)25-18/h7-8,10,15H,4-6,9,11-12H2,1-3H3,(H2,21,22,23). The summed E-state index contributed by atoms with van der Waals surface area (Å²) in [5.74, 6) is 1.32. The Morgan fingerprint density at radius 1 is 1.40 bits per heavy atom. The highest BCUT2D eigenvalue weighted by Crippen LogP contribution is 2.25. The molecule has 1 aromatic carbocycles. The molecule has 1 aromatic heterocycles. The quantitative estimate of drug-likeness (QED) is 0.645. The predicted molar refractivity (Wildman–Crippen MR) is 99.4 cm³/mol. The average molecular weight is 346 g/mol. The molecule has 0 radical (unpaired) electrons. The van der Waals surface area contributed by atoms with E-state index in [4.69, 9.17) is 4.42 Å². The summed E-state index contributed by atoms with van der Waals surface area (Å²) in [4.78, 5) is 6.79. The number of nitrogens with one attached hydrogen (secondary N) is 2. The Hall–Kier alpha value is -2.08. The minimum absolute atomic E-state index is 0.245. The zero-order chi connectivity index (χ0) is 17.8. The number of fused-ring (bicyclic) bond motifs is 1. The van der Waals surface area contributed by atoms with Gasteiger partial charge in [0.25, 0.3) is 0 Å². The number of likely N-dealkylation sites (N-methyl/N-ethyl adjacent to an activating group) is 1. The molecule has 0 bridgehead atoms. The molecule has 1 aliphatic heterocycles. The lowest BCUT2D eigenvalue weighted by Gasteiger charge is -2.23. The lowest BCUT2D eigenvalue weighted by molar-refractivity contribution is 0.267. The Balaban J connectivity index is 1.59. The summed E-state index contributed by atoms with van der Waals surface area (Å²) in [6.07, 6.45) is 2.49. The van der Waals surface area contributed by atoms with Gasteiger partial charge in [0.1, 0.15) is 17.2 Å². The summed E-state index contributed by atoms with van der Waals surface area (Å²) in [6, 6.07) is 5.18. The van der Waals surface area contributed by atoms with Gasteiger partial charge < -0.3 is 15.1 Å². The van der Waals surface area contributed by atoms with Gasteiger partial charge in [0.05, 0.1) is 6.54 Å². The minimum Gasteiger partial charge on any atom is -0.459 e. The molecule has 1 fully saturated rings. The van der Waals surface area contributed by atoms with E-state index in [2.05, 4.69) is 27.4 Å². The molecule has 0 amide bonds. The number of nitrogens with zero attached hydrogens (tertiary/aromatic N) is 2. The third kappa shape index (κ3) is 3.95. The number of hydrogen-bond acceptors (Lipinski definition) is 3. The summed E-state index contributed by atoms with van der Waals surface area (Å²) < 4.78 is 19.3. The molecule has 2 heterocycles. The second-order valence-corrected chi connectivity index (χ2v) is 6.52. The fourth-order valence-electron chi connectivity index (χ4n) is 3.55. The van der Waals surface area contributed by atoms with Crippen LogP contribution in [0.2, 0.25) is 0 Å². The maximum atomic E-state index is 13.4. The van der Waals surface area contributed by atoms with E-state index >= 15 is 0 Å². The second kappa shape index (κ2) is 7.87. The molecule has 2 N–H and O–H groups in total. The third-order valence-corrected chi connectivity index (χ3v) is 5.05. The Morgan fingerprint density at radius 2 is 2.24 bits per heavy atom. The normalized spacial score (nSPS) is 18.9. The van der Waals surface area contributed by atoms with E-state index in [0.717, 1.165) is 35.8 Å². The molecule has 0 spiro atoms. The Kier molecular flexibility index (Phi) is 5.58. The molecule has 3 rings (SSSR count). The Morgan fingerprint density at radius 3 is 3.00 bits per heavy atom. The van der Waals surface area contributed by atoms with Crippen LogP contribution in [0.1, 0.15) is 31.1 Å². The van der Waals surface area contributed by atoms with Crippen LogP contribution in [0.25, 0.3) is 11.0 Å². The summed E-state index contributed by atoms with van der Waals surface area (Å²) in [5, 5.41) is 7.52. The lowest BCUT2D eigenvalue weighted by atomic mass is 10.1. The highest BCUT2D eigenvalue weighted by molar-refractivity contribution is 5.83. The van der Waals surface area contributed by atoms with E-state index in [1.165, 1.54) is 31.5 Å². The van der Waals surface area contributed by atoms with Gasteiger partial charge in [0.2, 0.25) is 0 Å². The van der Waals surface area contributed by atoms with Gasteiger partial charge in [-0.1, -0.05) is 6.92 Å². The van der Waals surface area contributed by atoms with Crippen LogP contribution in [0.5, 0.6) is 0 Å². The zero-order valence-electron chi connectivity index (χ0n) is 15.2. The van der Waals surface area contributed by atoms with Gasteiger partial charge in [-0.2, -0.15) is 0 Å². The summed E-state index contributed by atoms with van der Waals surface area (Å²) in [7, 11) is 1.77. The average Bonchev–Trinajstić information content (AvgIpc) is 3.20. The summed E-state index contributed by atoms with van der Waals surface area (Å²) in [5.41, 5.74) is 1.67. The smallest absolute Gasteiger partial charge is 0.191 e. The molecule has 0 aliphatic carbocycles. The van der Waals surface area contributed by atoms with E-state index < -0.39 is 0 Å². The first-order valence-electron chi connectivity index (χ1n) is 8.98. The third-order valence-electron chi connectivity index (χ3n) is 5.05. The minimum atomic E-state index is -0.245. The lowest BCUT2D eigenvalue weighted by Crippen LogP contribution is -2.44. The summed E-state index contributed by atoms with van der Waals surface area (Å²) >= 11 is 0.